The molecule has 2 amide bonds. The van der Waals surface area contributed by atoms with E-state index < -0.39 is 23.7 Å². The van der Waals surface area contributed by atoms with Gasteiger partial charge in [-0.15, -0.1) is 0 Å². The van der Waals surface area contributed by atoms with Crippen LogP contribution >= 0.6 is 0 Å². The molecular weight excluding hydrogens is 351 g/mol. The predicted octanol–water partition coefficient (Wildman–Crippen LogP) is 3.24. The predicted molar refractivity (Wildman–Crippen MR) is 101 cm³/mol. The van der Waals surface area contributed by atoms with Crippen LogP contribution in [0.3, 0.4) is 0 Å². The molecule has 2 N–H and O–H groups in total. The zero-order chi connectivity index (χ0) is 20.0. The van der Waals surface area contributed by atoms with Gasteiger partial charge in [-0.2, -0.15) is 0 Å². The molecule has 0 aromatic heterocycles. The third-order valence-electron chi connectivity index (χ3n) is 4.01. The number of carbonyl (C=O) groups is 2. The molecule has 0 spiro atoms. The van der Waals surface area contributed by atoms with Crippen molar-refractivity contribution in [3.63, 3.8) is 0 Å². The van der Waals surface area contributed by atoms with Crippen molar-refractivity contribution >= 4 is 17.5 Å². The van der Waals surface area contributed by atoms with Crippen molar-refractivity contribution in [3.8, 4) is 11.5 Å². The largest absolute Gasteiger partial charge is 0.493 e. The van der Waals surface area contributed by atoms with E-state index in [1.54, 1.807) is 38.1 Å². The second kappa shape index (κ2) is 9.02. The van der Waals surface area contributed by atoms with Crippen LogP contribution in [0.4, 0.5) is 10.1 Å². The van der Waals surface area contributed by atoms with Crippen molar-refractivity contribution in [2.24, 2.45) is 5.92 Å². The van der Waals surface area contributed by atoms with Crippen molar-refractivity contribution in [2.45, 2.75) is 19.9 Å². The van der Waals surface area contributed by atoms with Gasteiger partial charge in [-0.3, -0.25) is 9.59 Å². The molecule has 0 bridgehead atoms. The highest BCUT2D eigenvalue weighted by molar-refractivity contribution is 6.01. The summed E-state index contributed by atoms with van der Waals surface area (Å²) >= 11 is 0. The van der Waals surface area contributed by atoms with Crippen LogP contribution in [0, 0.1) is 11.7 Å². The van der Waals surface area contributed by atoms with Crippen LogP contribution < -0.4 is 20.1 Å². The number of hydrogen-bond acceptors (Lipinski definition) is 4. The maximum atomic E-state index is 13.8. The number of nitrogens with one attached hydrogen (secondary N) is 2. The molecule has 0 radical (unpaired) electrons. The van der Waals surface area contributed by atoms with Gasteiger partial charge in [0.1, 0.15) is 11.9 Å². The van der Waals surface area contributed by atoms with E-state index in [0.717, 1.165) is 0 Å². The molecule has 0 aliphatic carbocycles. The number of hydrogen-bond donors (Lipinski definition) is 2. The lowest BCUT2D eigenvalue weighted by Crippen LogP contribution is -2.47. The molecule has 0 saturated carbocycles. The van der Waals surface area contributed by atoms with Gasteiger partial charge in [0.15, 0.2) is 11.5 Å². The third-order valence-corrected chi connectivity index (χ3v) is 4.01. The van der Waals surface area contributed by atoms with Gasteiger partial charge < -0.3 is 20.1 Å². The highest BCUT2D eigenvalue weighted by Crippen LogP contribution is 2.29. The standard InChI is InChI=1S/C20H23FN2O4/c1-12(2)18(23-19(24)14-7-5-6-8-15(14)21)20(25)22-13-9-10-16(26-3)17(11-13)27-4/h5-12,18H,1-4H3,(H,22,25)(H,23,24). The smallest absolute Gasteiger partial charge is 0.254 e. The first kappa shape index (κ1) is 20.2. The van der Waals surface area contributed by atoms with E-state index in [9.17, 15) is 14.0 Å². The molecule has 7 heteroatoms. The van der Waals surface area contributed by atoms with Gasteiger partial charge in [-0.25, -0.2) is 4.39 Å². The maximum Gasteiger partial charge on any atom is 0.254 e. The van der Waals surface area contributed by atoms with Crippen LogP contribution in [0.2, 0.25) is 0 Å². The Bertz CT molecular complexity index is 823. The second-order valence-corrected chi connectivity index (χ2v) is 6.23. The molecule has 2 aromatic rings. The maximum absolute atomic E-state index is 13.8. The highest BCUT2D eigenvalue weighted by Gasteiger charge is 2.26. The summed E-state index contributed by atoms with van der Waals surface area (Å²) in [6, 6.07) is 9.73. The first-order chi connectivity index (χ1) is 12.9. The second-order valence-electron chi connectivity index (χ2n) is 6.23. The monoisotopic (exact) mass is 374 g/mol. The Hall–Kier alpha value is -3.09. The quantitative estimate of drug-likeness (QED) is 0.780. The van der Waals surface area contributed by atoms with E-state index >= 15 is 0 Å². The fourth-order valence-corrected chi connectivity index (χ4v) is 2.53. The van der Waals surface area contributed by atoms with E-state index in [1.165, 1.54) is 32.4 Å². The molecule has 0 heterocycles. The van der Waals surface area contributed by atoms with Gasteiger partial charge in [-0.05, 0) is 30.2 Å². The Morgan fingerprint density at radius 1 is 1.00 bits per heavy atom. The van der Waals surface area contributed by atoms with Crippen LogP contribution in [0.25, 0.3) is 0 Å². The van der Waals surface area contributed by atoms with E-state index in [-0.39, 0.29) is 11.5 Å². The third kappa shape index (κ3) is 4.97. The average Bonchev–Trinajstić information content (AvgIpc) is 2.65. The van der Waals surface area contributed by atoms with E-state index in [2.05, 4.69) is 10.6 Å². The Labute approximate surface area is 157 Å². The molecular formula is C20H23FN2O4. The van der Waals surface area contributed by atoms with Gasteiger partial charge in [0.2, 0.25) is 5.91 Å². The fraction of sp³-hybridized carbons (Fsp3) is 0.300. The summed E-state index contributed by atoms with van der Waals surface area (Å²) in [6.45, 7) is 3.58. The lowest BCUT2D eigenvalue weighted by Gasteiger charge is -2.22. The summed E-state index contributed by atoms with van der Waals surface area (Å²) in [7, 11) is 3.01. The number of carbonyl (C=O) groups excluding carboxylic acids is 2. The zero-order valence-corrected chi connectivity index (χ0v) is 15.7. The fourth-order valence-electron chi connectivity index (χ4n) is 2.53. The minimum atomic E-state index is -0.842. The number of amides is 2. The lowest BCUT2D eigenvalue weighted by molar-refractivity contribution is -0.118. The molecule has 2 aromatic carbocycles. The van der Waals surface area contributed by atoms with Gasteiger partial charge in [0.25, 0.3) is 5.91 Å². The molecule has 27 heavy (non-hydrogen) atoms. The van der Waals surface area contributed by atoms with Crippen LogP contribution in [-0.2, 0) is 4.79 Å². The van der Waals surface area contributed by atoms with Crippen LogP contribution in [-0.4, -0.2) is 32.1 Å². The molecule has 0 saturated heterocycles. The zero-order valence-electron chi connectivity index (χ0n) is 15.7. The first-order valence-electron chi connectivity index (χ1n) is 8.45. The molecule has 0 fully saturated rings. The number of benzene rings is 2. The molecule has 144 valence electrons. The normalized spacial score (nSPS) is 11.6. The molecule has 1 unspecified atom stereocenters. The van der Waals surface area contributed by atoms with Gasteiger partial charge in [-0.1, -0.05) is 26.0 Å². The van der Waals surface area contributed by atoms with Crippen molar-refractivity contribution in [2.75, 3.05) is 19.5 Å². The summed E-state index contributed by atoms with van der Waals surface area (Å²) in [5, 5.41) is 5.34. The summed E-state index contributed by atoms with van der Waals surface area (Å²) in [5.41, 5.74) is 0.380. The average molecular weight is 374 g/mol. The van der Waals surface area contributed by atoms with Crippen molar-refractivity contribution in [1.29, 1.82) is 0 Å². The Balaban J connectivity index is 2.16. The first-order valence-corrected chi connectivity index (χ1v) is 8.45. The minimum Gasteiger partial charge on any atom is -0.493 e. The Morgan fingerprint density at radius 3 is 2.26 bits per heavy atom. The summed E-state index contributed by atoms with van der Waals surface area (Å²) in [6.07, 6.45) is 0. The summed E-state index contributed by atoms with van der Waals surface area (Å²) < 4.78 is 24.2. The summed E-state index contributed by atoms with van der Waals surface area (Å²) in [4.78, 5) is 25.0. The van der Waals surface area contributed by atoms with E-state index in [1.807, 2.05) is 0 Å². The number of anilines is 1. The topological polar surface area (TPSA) is 76.7 Å². The number of methoxy groups -OCH3 is 2. The van der Waals surface area contributed by atoms with Crippen molar-refractivity contribution in [3.05, 3.63) is 53.8 Å². The van der Waals surface area contributed by atoms with Gasteiger partial charge in [0, 0.05) is 11.8 Å². The molecule has 6 nitrogen and oxygen atoms in total. The number of halogens is 1. The van der Waals surface area contributed by atoms with Gasteiger partial charge >= 0.3 is 0 Å². The van der Waals surface area contributed by atoms with Crippen LogP contribution in [0.1, 0.15) is 24.2 Å². The minimum absolute atomic E-state index is 0.109. The highest BCUT2D eigenvalue weighted by atomic mass is 19.1. The van der Waals surface area contributed by atoms with Crippen molar-refractivity contribution in [1.82, 2.24) is 5.32 Å². The molecule has 1 atom stereocenters. The van der Waals surface area contributed by atoms with E-state index in [0.29, 0.717) is 17.2 Å². The number of rotatable bonds is 7. The van der Waals surface area contributed by atoms with E-state index in [4.69, 9.17) is 9.47 Å². The van der Waals surface area contributed by atoms with Crippen LogP contribution in [0.5, 0.6) is 11.5 Å². The number of ether oxygens (including phenoxy) is 2. The summed E-state index contributed by atoms with van der Waals surface area (Å²) in [5.74, 6) is -0.912. The SMILES string of the molecule is COc1ccc(NC(=O)C(NC(=O)c2ccccc2F)C(C)C)cc1OC. The Morgan fingerprint density at radius 2 is 1.67 bits per heavy atom. The molecule has 2 rings (SSSR count). The van der Waals surface area contributed by atoms with Gasteiger partial charge in [0.05, 0.1) is 19.8 Å². The Kier molecular flexibility index (Phi) is 6.76. The molecule has 0 aliphatic heterocycles. The molecule has 0 aliphatic rings. The van der Waals surface area contributed by atoms with Crippen LogP contribution in [0.15, 0.2) is 42.5 Å². The van der Waals surface area contributed by atoms with Crippen molar-refractivity contribution < 1.29 is 23.5 Å². The lowest BCUT2D eigenvalue weighted by atomic mass is 10.0.